The highest BCUT2D eigenvalue weighted by atomic mass is 35.5. The maximum Gasteiger partial charge on any atom is 0.260 e. The van der Waals surface area contributed by atoms with Crippen molar-refractivity contribution in [3.8, 4) is 0 Å². The van der Waals surface area contributed by atoms with Gasteiger partial charge >= 0.3 is 0 Å². The molecule has 1 aliphatic heterocycles. The third-order valence-electron chi connectivity index (χ3n) is 3.60. The summed E-state index contributed by atoms with van der Waals surface area (Å²) in [7, 11) is 1.81. The highest BCUT2D eigenvalue weighted by Gasteiger charge is 2.42. The second kappa shape index (κ2) is 5.88. The molecule has 22 heavy (non-hydrogen) atoms. The normalized spacial score (nSPS) is 18.2. The largest absolute Gasteiger partial charge is 0.336 e. The lowest BCUT2D eigenvalue weighted by Crippen LogP contribution is -2.31. The van der Waals surface area contributed by atoms with Crippen molar-refractivity contribution in [2.24, 2.45) is 0 Å². The predicted molar refractivity (Wildman–Crippen MR) is 93.5 cm³/mol. The van der Waals surface area contributed by atoms with Crippen LogP contribution >= 0.6 is 35.4 Å². The van der Waals surface area contributed by atoms with Crippen LogP contribution < -0.4 is 4.90 Å². The zero-order chi connectivity index (χ0) is 15.9. The second-order valence-corrected chi connectivity index (χ2v) is 6.18. The van der Waals surface area contributed by atoms with E-state index < -0.39 is 6.04 Å². The fraction of sp³-hybridized carbons (Fsp3) is 0.125. The first-order valence-electron chi connectivity index (χ1n) is 6.61. The SMILES string of the molecule is CN1C(=S)N(c2ccc(Cl)cc2Cl)C(=O)C1c1ccccc1. The second-order valence-electron chi connectivity index (χ2n) is 4.98. The monoisotopic (exact) mass is 350 g/mol. The molecule has 3 nitrogen and oxygen atoms in total. The molecule has 1 saturated heterocycles. The molecule has 1 fully saturated rings. The minimum Gasteiger partial charge on any atom is -0.336 e. The number of nitrogens with zero attached hydrogens (tertiary/aromatic N) is 2. The summed E-state index contributed by atoms with van der Waals surface area (Å²) < 4.78 is 0. The van der Waals surface area contributed by atoms with Gasteiger partial charge in [0, 0.05) is 12.1 Å². The number of benzene rings is 2. The summed E-state index contributed by atoms with van der Waals surface area (Å²) in [5, 5.41) is 1.33. The van der Waals surface area contributed by atoms with Gasteiger partial charge in [0.25, 0.3) is 5.91 Å². The Kier molecular flexibility index (Phi) is 4.08. The van der Waals surface area contributed by atoms with Crippen LogP contribution in [0.5, 0.6) is 0 Å². The number of likely N-dealkylation sites (N-methyl/N-ethyl adjacent to an activating group) is 1. The van der Waals surface area contributed by atoms with Gasteiger partial charge < -0.3 is 4.90 Å². The molecule has 112 valence electrons. The van der Waals surface area contributed by atoms with Crippen LogP contribution in [0, 0.1) is 0 Å². The summed E-state index contributed by atoms with van der Waals surface area (Å²) in [6.45, 7) is 0. The highest BCUT2D eigenvalue weighted by Crippen LogP contribution is 2.37. The summed E-state index contributed by atoms with van der Waals surface area (Å²) in [5.74, 6) is -0.122. The third-order valence-corrected chi connectivity index (χ3v) is 4.61. The van der Waals surface area contributed by atoms with Gasteiger partial charge in [-0.15, -0.1) is 0 Å². The van der Waals surface area contributed by atoms with Crippen LogP contribution in [0.1, 0.15) is 11.6 Å². The van der Waals surface area contributed by atoms with Gasteiger partial charge in [0.05, 0.1) is 10.7 Å². The van der Waals surface area contributed by atoms with E-state index in [-0.39, 0.29) is 5.91 Å². The number of anilines is 1. The maximum absolute atomic E-state index is 12.9. The average Bonchev–Trinajstić information content (AvgIpc) is 2.71. The molecule has 1 aliphatic rings. The van der Waals surface area contributed by atoms with Gasteiger partial charge in [0.1, 0.15) is 6.04 Å². The lowest BCUT2D eigenvalue weighted by Gasteiger charge is -2.19. The first-order valence-corrected chi connectivity index (χ1v) is 7.78. The van der Waals surface area contributed by atoms with Crippen molar-refractivity contribution in [2.45, 2.75) is 6.04 Å². The smallest absolute Gasteiger partial charge is 0.260 e. The van der Waals surface area contributed by atoms with E-state index in [1.54, 1.807) is 23.1 Å². The molecule has 0 aliphatic carbocycles. The van der Waals surface area contributed by atoms with Crippen LogP contribution in [0.25, 0.3) is 0 Å². The Morgan fingerprint density at radius 1 is 1.09 bits per heavy atom. The Labute approximate surface area is 144 Å². The van der Waals surface area contributed by atoms with Crippen molar-refractivity contribution in [1.82, 2.24) is 4.90 Å². The molecular weight excluding hydrogens is 339 g/mol. The predicted octanol–water partition coefficient (Wildman–Crippen LogP) is 4.30. The number of amides is 1. The number of carbonyl (C=O) groups is 1. The Balaban J connectivity index is 2.04. The van der Waals surface area contributed by atoms with E-state index in [4.69, 9.17) is 35.4 Å². The molecule has 1 unspecified atom stereocenters. The fourth-order valence-electron chi connectivity index (χ4n) is 2.54. The lowest BCUT2D eigenvalue weighted by molar-refractivity contribution is -0.119. The molecule has 1 atom stereocenters. The number of carbonyl (C=O) groups excluding carboxylic acids is 1. The van der Waals surface area contributed by atoms with Gasteiger partial charge in [-0.2, -0.15) is 0 Å². The molecule has 1 amide bonds. The molecular formula is C16H12Cl2N2OS. The van der Waals surface area contributed by atoms with Crippen LogP contribution in [0.2, 0.25) is 10.0 Å². The number of hydrogen-bond donors (Lipinski definition) is 0. The summed E-state index contributed by atoms with van der Waals surface area (Å²) in [6, 6.07) is 14.1. The quantitative estimate of drug-likeness (QED) is 0.754. The zero-order valence-corrected chi connectivity index (χ0v) is 14.0. The van der Waals surface area contributed by atoms with Crippen LogP contribution in [0.15, 0.2) is 48.5 Å². The summed E-state index contributed by atoms with van der Waals surface area (Å²) >= 11 is 17.6. The standard InChI is InChI=1S/C16H12Cl2N2OS/c1-19-14(10-5-3-2-4-6-10)15(21)20(16(19)22)13-8-7-11(17)9-12(13)18/h2-9,14H,1H3. The number of hydrogen-bond acceptors (Lipinski definition) is 2. The van der Waals surface area contributed by atoms with Gasteiger partial charge in [-0.05, 0) is 36.0 Å². The van der Waals surface area contributed by atoms with E-state index in [1.807, 2.05) is 37.4 Å². The zero-order valence-electron chi connectivity index (χ0n) is 11.7. The first kappa shape index (κ1) is 15.3. The van der Waals surface area contributed by atoms with Crippen molar-refractivity contribution in [3.63, 3.8) is 0 Å². The van der Waals surface area contributed by atoms with Crippen molar-refractivity contribution in [3.05, 3.63) is 64.1 Å². The Morgan fingerprint density at radius 3 is 2.41 bits per heavy atom. The van der Waals surface area contributed by atoms with Crippen LogP contribution in [-0.2, 0) is 4.79 Å². The molecule has 3 rings (SSSR count). The number of halogens is 2. The van der Waals surface area contributed by atoms with Crippen molar-refractivity contribution in [2.75, 3.05) is 11.9 Å². The Bertz CT molecular complexity index is 751. The van der Waals surface area contributed by atoms with E-state index in [9.17, 15) is 4.79 Å². The minimum absolute atomic E-state index is 0.122. The highest BCUT2D eigenvalue weighted by molar-refractivity contribution is 7.80. The van der Waals surface area contributed by atoms with Crippen molar-refractivity contribution < 1.29 is 4.79 Å². The average molecular weight is 351 g/mol. The van der Waals surface area contributed by atoms with Crippen LogP contribution in [0.4, 0.5) is 5.69 Å². The van der Waals surface area contributed by atoms with E-state index in [0.29, 0.717) is 20.8 Å². The fourth-order valence-corrected chi connectivity index (χ4v) is 3.32. The summed E-state index contributed by atoms with van der Waals surface area (Å²) in [4.78, 5) is 16.1. The molecule has 0 aromatic heterocycles. The molecule has 2 aromatic carbocycles. The van der Waals surface area contributed by atoms with E-state index >= 15 is 0 Å². The van der Waals surface area contributed by atoms with Gasteiger partial charge in [-0.25, -0.2) is 0 Å². The topological polar surface area (TPSA) is 23.6 Å². The van der Waals surface area contributed by atoms with E-state index in [2.05, 4.69) is 0 Å². The molecule has 2 aromatic rings. The Hall–Kier alpha value is -1.62. The van der Waals surface area contributed by atoms with Gasteiger partial charge in [0.15, 0.2) is 5.11 Å². The molecule has 0 saturated carbocycles. The first-order chi connectivity index (χ1) is 10.5. The summed E-state index contributed by atoms with van der Waals surface area (Å²) in [6.07, 6.45) is 0. The van der Waals surface area contributed by atoms with Crippen molar-refractivity contribution >= 4 is 52.1 Å². The molecule has 0 bridgehead atoms. The van der Waals surface area contributed by atoms with E-state index in [1.165, 1.54) is 4.90 Å². The lowest BCUT2D eigenvalue weighted by atomic mass is 10.1. The molecule has 0 N–H and O–H groups in total. The number of rotatable bonds is 2. The molecule has 6 heteroatoms. The van der Waals surface area contributed by atoms with E-state index in [0.717, 1.165) is 5.56 Å². The van der Waals surface area contributed by atoms with Gasteiger partial charge in [-0.1, -0.05) is 53.5 Å². The van der Waals surface area contributed by atoms with Crippen molar-refractivity contribution in [1.29, 1.82) is 0 Å². The van der Waals surface area contributed by atoms with Crippen LogP contribution in [0.3, 0.4) is 0 Å². The molecule has 1 heterocycles. The molecule has 0 spiro atoms. The number of thiocarbonyl (C=S) groups is 1. The maximum atomic E-state index is 12.9. The minimum atomic E-state index is -0.444. The van der Waals surface area contributed by atoms with Gasteiger partial charge in [-0.3, -0.25) is 9.69 Å². The van der Waals surface area contributed by atoms with Crippen LogP contribution in [-0.4, -0.2) is 23.0 Å². The Morgan fingerprint density at radius 2 is 1.77 bits per heavy atom. The third kappa shape index (κ3) is 2.47. The molecule has 0 radical (unpaired) electrons. The van der Waals surface area contributed by atoms with Gasteiger partial charge in [0.2, 0.25) is 0 Å². The summed E-state index contributed by atoms with van der Waals surface area (Å²) in [5.41, 5.74) is 1.44.